The minimum atomic E-state index is -0.270. The van der Waals surface area contributed by atoms with E-state index in [-0.39, 0.29) is 11.9 Å². The van der Waals surface area contributed by atoms with Gasteiger partial charge in [0.05, 0.1) is 5.69 Å². The average Bonchev–Trinajstić information content (AvgIpc) is 3.01. The maximum absolute atomic E-state index is 12.3. The molecule has 6 nitrogen and oxygen atoms in total. The van der Waals surface area contributed by atoms with Crippen LogP contribution in [-0.2, 0) is 17.9 Å². The van der Waals surface area contributed by atoms with E-state index in [1.807, 2.05) is 36.2 Å². The minimum Gasteiger partial charge on any atom is -0.350 e. The smallest absolute Gasteiger partial charge is 0.243 e. The number of rotatable bonds is 6. The summed E-state index contributed by atoms with van der Waals surface area (Å²) in [4.78, 5) is 16.5. The summed E-state index contributed by atoms with van der Waals surface area (Å²) in [6.07, 6.45) is 4.59. The van der Waals surface area contributed by atoms with Gasteiger partial charge in [0.15, 0.2) is 0 Å². The Morgan fingerprint density at radius 2 is 2.09 bits per heavy atom. The summed E-state index contributed by atoms with van der Waals surface area (Å²) >= 11 is 0. The van der Waals surface area contributed by atoms with E-state index >= 15 is 0 Å². The van der Waals surface area contributed by atoms with Crippen LogP contribution in [0.3, 0.4) is 0 Å². The van der Waals surface area contributed by atoms with Gasteiger partial charge < -0.3 is 9.88 Å². The van der Waals surface area contributed by atoms with Crippen molar-refractivity contribution in [1.29, 1.82) is 0 Å². The van der Waals surface area contributed by atoms with Gasteiger partial charge in [-0.25, -0.2) is 4.98 Å². The van der Waals surface area contributed by atoms with Gasteiger partial charge in [0, 0.05) is 36.7 Å². The summed E-state index contributed by atoms with van der Waals surface area (Å²) in [5, 5.41) is 7.55. The first-order chi connectivity index (χ1) is 10.5. The normalized spacial score (nSPS) is 12.4. The van der Waals surface area contributed by atoms with Crippen molar-refractivity contribution < 1.29 is 4.79 Å². The number of aryl methyl sites for hydroxylation is 3. The highest BCUT2D eigenvalue weighted by Gasteiger charge is 2.17. The highest BCUT2D eigenvalue weighted by atomic mass is 16.2. The Labute approximate surface area is 131 Å². The molecule has 1 N–H and O–H groups in total. The fraction of sp³-hybridized carbons (Fsp3) is 0.562. The number of hydrogen-bond acceptors (Lipinski definition) is 3. The zero-order valence-electron chi connectivity index (χ0n) is 14.1. The first kappa shape index (κ1) is 16.3. The van der Waals surface area contributed by atoms with Crippen LogP contribution in [0.2, 0.25) is 0 Å². The van der Waals surface area contributed by atoms with Crippen LogP contribution in [0.1, 0.15) is 49.1 Å². The molecule has 0 saturated carbocycles. The zero-order chi connectivity index (χ0) is 16.3. The highest BCUT2D eigenvalue weighted by molar-refractivity contribution is 5.80. The first-order valence-electron chi connectivity index (χ1n) is 7.75. The van der Waals surface area contributed by atoms with Crippen molar-refractivity contribution in [3.63, 3.8) is 0 Å². The van der Waals surface area contributed by atoms with Crippen molar-refractivity contribution in [3.8, 4) is 0 Å². The molecular weight excluding hydrogens is 278 g/mol. The highest BCUT2D eigenvalue weighted by Crippen LogP contribution is 2.14. The molecule has 120 valence electrons. The van der Waals surface area contributed by atoms with Gasteiger partial charge in [0.25, 0.3) is 0 Å². The predicted molar refractivity (Wildman–Crippen MR) is 85.5 cm³/mol. The Morgan fingerprint density at radius 3 is 2.68 bits per heavy atom. The third-order valence-electron chi connectivity index (χ3n) is 4.07. The van der Waals surface area contributed by atoms with Crippen molar-refractivity contribution in [2.45, 2.75) is 60.2 Å². The maximum atomic E-state index is 12.3. The molecule has 0 aromatic carbocycles. The second kappa shape index (κ2) is 6.77. The molecule has 2 aromatic heterocycles. The third kappa shape index (κ3) is 3.21. The Bertz CT molecular complexity index is 656. The SMILES string of the molecule is CCCn1nc(C)c(CNC(=O)[C@@H](C)n2ccnc2C)c1C. The van der Waals surface area contributed by atoms with Crippen LogP contribution >= 0.6 is 0 Å². The molecule has 2 aromatic rings. The number of aromatic nitrogens is 4. The lowest BCUT2D eigenvalue weighted by Gasteiger charge is -2.15. The van der Waals surface area contributed by atoms with Crippen molar-refractivity contribution in [1.82, 2.24) is 24.6 Å². The largest absolute Gasteiger partial charge is 0.350 e. The average molecular weight is 303 g/mol. The molecule has 0 unspecified atom stereocenters. The van der Waals surface area contributed by atoms with E-state index in [1.54, 1.807) is 6.20 Å². The second-order valence-corrected chi connectivity index (χ2v) is 5.65. The van der Waals surface area contributed by atoms with Crippen LogP contribution in [-0.4, -0.2) is 25.2 Å². The van der Waals surface area contributed by atoms with Crippen LogP contribution < -0.4 is 5.32 Å². The molecule has 22 heavy (non-hydrogen) atoms. The van der Waals surface area contributed by atoms with Crippen LogP contribution in [0.15, 0.2) is 12.4 Å². The van der Waals surface area contributed by atoms with Crippen molar-refractivity contribution in [2.75, 3.05) is 0 Å². The first-order valence-corrected chi connectivity index (χ1v) is 7.75. The fourth-order valence-electron chi connectivity index (χ4n) is 2.67. The van der Waals surface area contributed by atoms with Crippen molar-refractivity contribution in [2.24, 2.45) is 0 Å². The van der Waals surface area contributed by atoms with E-state index in [9.17, 15) is 4.79 Å². The van der Waals surface area contributed by atoms with Gasteiger partial charge in [-0.2, -0.15) is 5.10 Å². The Hall–Kier alpha value is -2.11. The van der Waals surface area contributed by atoms with Crippen LogP contribution in [0.5, 0.6) is 0 Å². The number of carbonyl (C=O) groups excluding carboxylic acids is 1. The lowest BCUT2D eigenvalue weighted by Crippen LogP contribution is -2.31. The number of nitrogens with zero attached hydrogens (tertiary/aromatic N) is 4. The summed E-state index contributed by atoms with van der Waals surface area (Å²) in [5.41, 5.74) is 3.22. The predicted octanol–water partition coefficient (Wildman–Crippen LogP) is 2.29. The summed E-state index contributed by atoms with van der Waals surface area (Å²) in [7, 11) is 0. The number of amides is 1. The monoisotopic (exact) mass is 303 g/mol. The van der Waals surface area contributed by atoms with E-state index in [2.05, 4.69) is 29.2 Å². The van der Waals surface area contributed by atoms with E-state index in [1.165, 1.54) is 0 Å². The van der Waals surface area contributed by atoms with Crippen molar-refractivity contribution in [3.05, 3.63) is 35.2 Å². The summed E-state index contributed by atoms with van der Waals surface area (Å²) in [5.74, 6) is 0.828. The maximum Gasteiger partial charge on any atom is 0.243 e. The van der Waals surface area contributed by atoms with Gasteiger partial charge in [-0.05, 0) is 34.1 Å². The Balaban J connectivity index is 2.04. The van der Waals surface area contributed by atoms with Crippen LogP contribution in [0, 0.1) is 20.8 Å². The Morgan fingerprint density at radius 1 is 1.36 bits per heavy atom. The zero-order valence-corrected chi connectivity index (χ0v) is 14.1. The number of imidazole rings is 1. The van der Waals surface area contributed by atoms with E-state index < -0.39 is 0 Å². The molecule has 2 heterocycles. The third-order valence-corrected chi connectivity index (χ3v) is 4.07. The molecule has 1 atom stereocenters. The van der Waals surface area contributed by atoms with E-state index in [0.29, 0.717) is 6.54 Å². The fourth-order valence-corrected chi connectivity index (χ4v) is 2.67. The van der Waals surface area contributed by atoms with Crippen LogP contribution in [0.25, 0.3) is 0 Å². The molecule has 0 aliphatic heterocycles. The topological polar surface area (TPSA) is 64.7 Å². The van der Waals surface area contributed by atoms with Gasteiger partial charge in [-0.15, -0.1) is 0 Å². The lowest BCUT2D eigenvalue weighted by molar-refractivity contribution is -0.124. The minimum absolute atomic E-state index is 0.0110. The molecular formula is C16H25N5O. The van der Waals surface area contributed by atoms with Gasteiger partial charge in [-0.3, -0.25) is 9.48 Å². The van der Waals surface area contributed by atoms with Gasteiger partial charge in [0.2, 0.25) is 5.91 Å². The molecule has 0 radical (unpaired) electrons. The quantitative estimate of drug-likeness (QED) is 0.890. The standard InChI is InChI=1S/C16H25N5O/c1-6-8-21-12(3)15(11(2)19-21)10-18-16(22)13(4)20-9-7-17-14(20)5/h7,9,13H,6,8,10H2,1-5H3,(H,18,22)/t13-/m1/s1. The number of carbonyl (C=O) groups is 1. The molecule has 1 amide bonds. The summed E-state index contributed by atoms with van der Waals surface area (Å²) in [6, 6.07) is -0.270. The summed E-state index contributed by atoms with van der Waals surface area (Å²) < 4.78 is 3.88. The van der Waals surface area contributed by atoms with Crippen molar-refractivity contribution >= 4 is 5.91 Å². The number of nitrogens with one attached hydrogen (secondary N) is 1. The van der Waals surface area contributed by atoms with E-state index in [4.69, 9.17) is 0 Å². The molecule has 6 heteroatoms. The van der Waals surface area contributed by atoms with Crippen LogP contribution in [0.4, 0.5) is 0 Å². The van der Waals surface area contributed by atoms with Gasteiger partial charge in [0.1, 0.15) is 11.9 Å². The Kier molecular flexibility index (Phi) is 5.00. The molecule has 0 bridgehead atoms. The molecule has 2 rings (SSSR count). The molecule has 0 saturated heterocycles. The van der Waals surface area contributed by atoms with E-state index in [0.717, 1.165) is 35.7 Å². The number of hydrogen-bond donors (Lipinski definition) is 1. The summed E-state index contributed by atoms with van der Waals surface area (Å²) in [6.45, 7) is 11.4. The lowest BCUT2D eigenvalue weighted by atomic mass is 10.2. The molecule has 0 spiro atoms. The second-order valence-electron chi connectivity index (χ2n) is 5.65. The molecule has 0 fully saturated rings. The van der Waals surface area contributed by atoms with Gasteiger partial charge >= 0.3 is 0 Å². The molecule has 0 aliphatic rings. The molecule has 0 aliphatic carbocycles. The van der Waals surface area contributed by atoms with Gasteiger partial charge in [-0.1, -0.05) is 6.92 Å².